The van der Waals surface area contributed by atoms with E-state index in [1.54, 1.807) is 26.0 Å². The minimum absolute atomic E-state index is 0.0517. The molecule has 0 unspecified atom stereocenters. The van der Waals surface area contributed by atoms with Crippen LogP contribution in [-0.2, 0) is 4.79 Å². The van der Waals surface area contributed by atoms with Gasteiger partial charge in [-0.15, -0.1) is 0 Å². The molecule has 0 aliphatic carbocycles. The number of Topliss-reactive ketones (excluding diaryl/α,β-unsaturated/α-hetero) is 1. The number of hydrogen-bond donors (Lipinski definition) is 2. The lowest BCUT2D eigenvalue weighted by Crippen LogP contribution is -2.38. The summed E-state index contributed by atoms with van der Waals surface area (Å²) in [5.41, 5.74) is -0.227. The molecule has 0 heterocycles. The molecule has 4 heteroatoms. The first-order valence-electron chi connectivity index (χ1n) is 6.46. The Hall–Kier alpha value is -1.68. The average Bonchev–Trinajstić information content (AvgIpc) is 2.36. The number of hydrogen-bond acceptors (Lipinski definition) is 3. The highest BCUT2D eigenvalue weighted by atomic mass is 16.3. The van der Waals surface area contributed by atoms with Crippen molar-refractivity contribution in [2.45, 2.75) is 38.7 Å². The summed E-state index contributed by atoms with van der Waals surface area (Å²) in [6.45, 7) is 3.48. The van der Waals surface area contributed by atoms with Crippen LogP contribution in [0.1, 0.15) is 43.5 Å². The van der Waals surface area contributed by atoms with E-state index >= 15 is 0 Å². The van der Waals surface area contributed by atoms with E-state index in [1.165, 1.54) is 0 Å². The van der Waals surface area contributed by atoms with Crippen molar-refractivity contribution in [1.29, 1.82) is 0 Å². The molecule has 0 bridgehead atoms. The van der Waals surface area contributed by atoms with Gasteiger partial charge < -0.3 is 10.4 Å². The van der Waals surface area contributed by atoms with E-state index in [4.69, 9.17) is 0 Å². The van der Waals surface area contributed by atoms with Gasteiger partial charge in [0.15, 0.2) is 5.78 Å². The third-order valence-corrected chi connectivity index (χ3v) is 2.62. The average molecular weight is 263 g/mol. The van der Waals surface area contributed by atoms with Gasteiger partial charge in [0, 0.05) is 24.9 Å². The van der Waals surface area contributed by atoms with Crippen molar-refractivity contribution in [3.8, 4) is 0 Å². The first-order chi connectivity index (χ1) is 8.88. The zero-order valence-electron chi connectivity index (χ0n) is 11.5. The summed E-state index contributed by atoms with van der Waals surface area (Å²) in [4.78, 5) is 23.2. The Morgan fingerprint density at radius 1 is 1.16 bits per heavy atom. The molecule has 0 fully saturated rings. The summed E-state index contributed by atoms with van der Waals surface area (Å²) in [7, 11) is 0. The maximum absolute atomic E-state index is 11.8. The second-order valence-corrected chi connectivity index (χ2v) is 5.23. The van der Waals surface area contributed by atoms with Crippen molar-refractivity contribution in [3.63, 3.8) is 0 Å². The maximum atomic E-state index is 11.8. The first-order valence-corrected chi connectivity index (χ1v) is 6.46. The van der Waals surface area contributed by atoms with Gasteiger partial charge in [0.2, 0.25) is 5.91 Å². The fourth-order valence-electron chi connectivity index (χ4n) is 1.58. The molecule has 1 amide bonds. The predicted molar refractivity (Wildman–Crippen MR) is 73.9 cm³/mol. The van der Waals surface area contributed by atoms with E-state index in [2.05, 4.69) is 5.32 Å². The van der Waals surface area contributed by atoms with Gasteiger partial charge in [0.25, 0.3) is 0 Å². The molecular weight excluding hydrogens is 242 g/mol. The van der Waals surface area contributed by atoms with Gasteiger partial charge in [-0.3, -0.25) is 9.59 Å². The molecule has 19 heavy (non-hydrogen) atoms. The molecule has 1 aromatic rings. The van der Waals surface area contributed by atoms with E-state index in [9.17, 15) is 14.7 Å². The van der Waals surface area contributed by atoms with Gasteiger partial charge in [0.05, 0.1) is 5.60 Å². The van der Waals surface area contributed by atoms with Crippen molar-refractivity contribution in [2.75, 3.05) is 6.54 Å². The number of nitrogens with one attached hydrogen (secondary N) is 1. The van der Waals surface area contributed by atoms with Crippen LogP contribution in [0.5, 0.6) is 0 Å². The van der Waals surface area contributed by atoms with Crippen molar-refractivity contribution < 1.29 is 14.7 Å². The van der Waals surface area contributed by atoms with Gasteiger partial charge in [-0.05, 0) is 20.3 Å². The minimum atomic E-state index is -0.907. The van der Waals surface area contributed by atoms with Crippen molar-refractivity contribution in [3.05, 3.63) is 35.9 Å². The first kappa shape index (κ1) is 15.4. The molecular formula is C15H21NO3. The Kier molecular flexibility index (Phi) is 5.70. The number of aliphatic hydroxyl groups is 1. The van der Waals surface area contributed by atoms with E-state index in [-0.39, 0.29) is 18.2 Å². The van der Waals surface area contributed by atoms with Crippen LogP contribution in [0.3, 0.4) is 0 Å². The van der Waals surface area contributed by atoms with Gasteiger partial charge in [0.1, 0.15) is 0 Å². The Morgan fingerprint density at radius 3 is 2.37 bits per heavy atom. The van der Waals surface area contributed by atoms with Crippen LogP contribution >= 0.6 is 0 Å². The summed E-state index contributed by atoms with van der Waals surface area (Å²) < 4.78 is 0. The summed E-state index contributed by atoms with van der Waals surface area (Å²) >= 11 is 0. The quantitative estimate of drug-likeness (QED) is 0.739. The van der Waals surface area contributed by atoms with Crippen LogP contribution < -0.4 is 5.32 Å². The lowest BCUT2D eigenvalue weighted by Gasteiger charge is -2.17. The topological polar surface area (TPSA) is 66.4 Å². The van der Waals surface area contributed by atoms with E-state index in [0.717, 1.165) is 0 Å². The van der Waals surface area contributed by atoms with Crippen LogP contribution in [0.4, 0.5) is 0 Å². The predicted octanol–water partition coefficient (Wildman–Crippen LogP) is 1.93. The number of amides is 1. The zero-order valence-corrected chi connectivity index (χ0v) is 11.5. The van der Waals surface area contributed by atoms with E-state index < -0.39 is 5.60 Å². The Balaban J connectivity index is 2.24. The van der Waals surface area contributed by atoms with Crippen molar-refractivity contribution in [2.24, 2.45) is 0 Å². The maximum Gasteiger partial charge on any atom is 0.220 e. The minimum Gasteiger partial charge on any atom is -0.389 e. The molecule has 0 saturated heterocycles. The molecule has 2 N–H and O–H groups in total. The number of benzene rings is 1. The highest BCUT2D eigenvalue weighted by Crippen LogP contribution is 2.07. The molecule has 0 aliphatic rings. The molecule has 0 aromatic heterocycles. The fraction of sp³-hybridized carbons (Fsp3) is 0.467. The lowest BCUT2D eigenvalue weighted by atomic mass is 10.1. The monoisotopic (exact) mass is 263 g/mol. The zero-order chi connectivity index (χ0) is 14.3. The van der Waals surface area contributed by atoms with Gasteiger partial charge >= 0.3 is 0 Å². The van der Waals surface area contributed by atoms with Crippen LogP contribution in [0.15, 0.2) is 30.3 Å². The number of carbonyl (C=O) groups excluding carboxylic acids is 2. The molecule has 1 aromatic carbocycles. The molecule has 0 radical (unpaired) electrons. The summed E-state index contributed by atoms with van der Waals surface area (Å²) in [5.74, 6) is -0.0844. The number of carbonyl (C=O) groups is 2. The van der Waals surface area contributed by atoms with Gasteiger partial charge in [-0.2, -0.15) is 0 Å². The van der Waals surface area contributed by atoms with Crippen LogP contribution in [-0.4, -0.2) is 28.9 Å². The molecule has 0 aliphatic heterocycles. The van der Waals surface area contributed by atoms with Crippen LogP contribution in [0.25, 0.3) is 0 Å². The van der Waals surface area contributed by atoms with Crippen LogP contribution in [0.2, 0.25) is 0 Å². The summed E-state index contributed by atoms with van der Waals surface area (Å²) in [6.07, 6.45) is 1.18. The SMILES string of the molecule is CC(C)(O)CNC(=O)CCCC(=O)c1ccccc1. The molecule has 0 saturated carbocycles. The summed E-state index contributed by atoms with van der Waals surface area (Å²) in [5, 5.41) is 12.1. The smallest absolute Gasteiger partial charge is 0.220 e. The van der Waals surface area contributed by atoms with Crippen LogP contribution in [0, 0.1) is 0 Å². The lowest BCUT2D eigenvalue weighted by molar-refractivity contribution is -0.122. The van der Waals surface area contributed by atoms with Gasteiger partial charge in [-0.1, -0.05) is 30.3 Å². The van der Waals surface area contributed by atoms with Gasteiger partial charge in [-0.25, -0.2) is 0 Å². The largest absolute Gasteiger partial charge is 0.389 e. The molecule has 0 spiro atoms. The summed E-state index contributed by atoms with van der Waals surface area (Å²) in [6, 6.07) is 9.06. The molecule has 4 nitrogen and oxygen atoms in total. The third kappa shape index (κ3) is 6.72. The highest BCUT2D eigenvalue weighted by molar-refractivity contribution is 5.96. The van der Waals surface area contributed by atoms with Crippen molar-refractivity contribution in [1.82, 2.24) is 5.32 Å². The Bertz CT molecular complexity index is 421. The van der Waals surface area contributed by atoms with Crippen molar-refractivity contribution >= 4 is 11.7 Å². The highest BCUT2D eigenvalue weighted by Gasteiger charge is 2.14. The Morgan fingerprint density at radius 2 is 1.79 bits per heavy atom. The third-order valence-electron chi connectivity index (χ3n) is 2.62. The molecule has 0 atom stereocenters. The number of rotatable bonds is 7. The fourth-order valence-corrected chi connectivity index (χ4v) is 1.58. The van der Waals surface area contributed by atoms with E-state index in [0.29, 0.717) is 24.8 Å². The second kappa shape index (κ2) is 7.04. The van der Waals surface area contributed by atoms with E-state index in [1.807, 2.05) is 18.2 Å². The second-order valence-electron chi connectivity index (χ2n) is 5.23. The standard InChI is InChI=1S/C15H21NO3/c1-15(2,19)11-16-14(18)10-6-9-13(17)12-7-4-3-5-8-12/h3-5,7-8,19H,6,9-11H2,1-2H3,(H,16,18). The molecule has 104 valence electrons. The Labute approximate surface area is 113 Å². The number of ketones is 1. The normalized spacial score (nSPS) is 11.1. The molecule has 1 rings (SSSR count).